The van der Waals surface area contributed by atoms with Crippen molar-refractivity contribution in [2.45, 2.75) is 6.54 Å². The molecule has 3 aromatic rings. The van der Waals surface area contributed by atoms with Crippen molar-refractivity contribution in [3.05, 3.63) is 71.4 Å². The first kappa shape index (κ1) is 14.2. The molecule has 1 aromatic carbocycles. The van der Waals surface area contributed by atoms with Gasteiger partial charge in [-0.1, -0.05) is 29.8 Å². The SMILES string of the molecule is O=C(Nc1ccnn1Cc1ccccc1Cl)c1cnccn1. The number of carbonyl (C=O) groups excluding carboxylic acids is 1. The van der Waals surface area contributed by atoms with Gasteiger partial charge in [-0.25, -0.2) is 9.67 Å². The zero-order chi connectivity index (χ0) is 15.4. The van der Waals surface area contributed by atoms with E-state index in [4.69, 9.17) is 11.6 Å². The van der Waals surface area contributed by atoms with Crippen LogP contribution in [0.25, 0.3) is 0 Å². The average molecular weight is 314 g/mol. The molecule has 7 heteroatoms. The average Bonchev–Trinajstić information content (AvgIpc) is 2.97. The second-order valence-corrected chi connectivity index (χ2v) is 4.92. The van der Waals surface area contributed by atoms with E-state index in [1.807, 2.05) is 24.3 Å². The van der Waals surface area contributed by atoms with Gasteiger partial charge in [0.25, 0.3) is 5.91 Å². The Kier molecular flexibility index (Phi) is 4.11. The van der Waals surface area contributed by atoms with Crippen molar-refractivity contribution in [3.63, 3.8) is 0 Å². The molecule has 6 nitrogen and oxygen atoms in total. The predicted octanol–water partition coefficient (Wildman–Crippen LogP) is 2.63. The number of hydrogen-bond donors (Lipinski definition) is 1. The molecule has 0 aliphatic heterocycles. The molecule has 0 atom stereocenters. The van der Waals surface area contributed by atoms with Crippen LogP contribution in [0.3, 0.4) is 0 Å². The Labute approximate surface area is 131 Å². The molecule has 2 aromatic heterocycles. The van der Waals surface area contributed by atoms with Gasteiger partial charge in [-0.05, 0) is 11.6 Å². The van der Waals surface area contributed by atoms with E-state index in [-0.39, 0.29) is 11.6 Å². The summed E-state index contributed by atoms with van der Waals surface area (Å²) in [6.45, 7) is 0.461. The highest BCUT2D eigenvalue weighted by Gasteiger charge is 2.11. The zero-order valence-electron chi connectivity index (χ0n) is 11.5. The number of benzene rings is 1. The number of carbonyl (C=O) groups is 1. The Morgan fingerprint density at radius 1 is 1.18 bits per heavy atom. The minimum absolute atomic E-state index is 0.244. The molecule has 3 rings (SSSR count). The molecule has 1 amide bonds. The van der Waals surface area contributed by atoms with Crippen LogP contribution in [-0.2, 0) is 6.54 Å². The number of amides is 1. The molecule has 0 aliphatic rings. The van der Waals surface area contributed by atoms with E-state index in [9.17, 15) is 4.79 Å². The van der Waals surface area contributed by atoms with Crippen molar-refractivity contribution in [3.8, 4) is 0 Å². The lowest BCUT2D eigenvalue weighted by molar-refractivity contribution is 0.102. The first-order chi connectivity index (χ1) is 10.7. The number of nitrogens with one attached hydrogen (secondary N) is 1. The van der Waals surface area contributed by atoms with Crippen LogP contribution in [0.5, 0.6) is 0 Å². The molecule has 1 N–H and O–H groups in total. The number of anilines is 1. The van der Waals surface area contributed by atoms with Crippen LogP contribution in [0.15, 0.2) is 55.1 Å². The standard InChI is InChI=1S/C15H12ClN5O/c16-12-4-2-1-3-11(12)10-21-14(5-6-19-21)20-15(22)13-9-17-7-8-18-13/h1-9H,10H2,(H,20,22). The number of aromatic nitrogens is 4. The van der Waals surface area contributed by atoms with Gasteiger partial charge in [0.15, 0.2) is 0 Å². The maximum Gasteiger partial charge on any atom is 0.277 e. The Balaban J connectivity index is 1.78. The van der Waals surface area contributed by atoms with Crippen LogP contribution in [0.4, 0.5) is 5.82 Å². The van der Waals surface area contributed by atoms with Gasteiger partial charge in [-0.2, -0.15) is 5.10 Å². The van der Waals surface area contributed by atoms with E-state index < -0.39 is 0 Å². The number of halogens is 1. The number of nitrogens with zero attached hydrogens (tertiary/aromatic N) is 4. The normalized spacial score (nSPS) is 10.4. The molecule has 0 aliphatic carbocycles. The first-order valence-electron chi connectivity index (χ1n) is 6.56. The van der Waals surface area contributed by atoms with E-state index in [1.165, 1.54) is 18.6 Å². The molecule has 22 heavy (non-hydrogen) atoms. The molecule has 0 radical (unpaired) electrons. The highest BCUT2D eigenvalue weighted by Crippen LogP contribution is 2.18. The lowest BCUT2D eigenvalue weighted by Gasteiger charge is -2.09. The summed E-state index contributed by atoms with van der Waals surface area (Å²) in [5.74, 6) is 0.226. The van der Waals surface area contributed by atoms with Gasteiger partial charge in [0.2, 0.25) is 0 Å². The molecule has 110 valence electrons. The molecule has 0 spiro atoms. The van der Waals surface area contributed by atoms with Gasteiger partial charge in [0, 0.05) is 23.5 Å². The van der Waals surface area contributed by atoms with Crippen LogP contribution in [0.1, 0.15) is 16.1 Å². The maximum absolute atomic E-state index is 12.1. The summed E-state index contributed by atoms with van der Waals surface area (Å²) in [5.41, 5.74) is 1.16. The van der Waals surface area contributed by atoms with Crippen LogP contribution in [0, 0.1) is 0 Å². The first-order valence-corrected chi connectivity index (χ1v) is 6.94. The molecule has 0 unspecified atom stereocenters. The third kappa shape index (κ3) is 3.12. The third-order valence-electron chi connectivity index (χ3n) is 3.03. The second kappa shape index (κ2) is 6.36. The van der Waals surface area contributed by atoms with Crippen LogP contribution < -0.4 is 5.32 Å². The minimum Gasteiger partial charge on any atom is -0.305 e. The summed E-state index contributed by atoms with van der Waals surface area (Å²) in [6.07, 6.45) is 6.00. The molecule has 0 fully saturated rings. The summed E-state index contributed by atoms with van der Waals surface area (Å²) in [7, 11) is 0. The van der Waals surface area contributed by atoms with Crippen molar-refractivity contribution < 1.29 is 4.79 Å². The van der Waals surface area contributed by atoms with Crippen LogP contribution in [-0.4, -0.2) is 25.7 Å². The highest BCUT2D eigenvalue weighted by molar-refractivity contribution is 6.31. The molecular formula is C15H12ClN5O. The number of hydrogen-bond acceptors (Lipinski definition) is 4. The van der Waals surface area contributed by atoms with Crippen molar-refractivity contribution in [1.82, 2.24) is 19.7 Å². The second-order valence-electron chi connectivity index (χ2n) is 4.51. The summed E-state index contributed by atoms with van der Waals surface area (Å²) in [4.78, 5) is 19.9. The Morgan fingerprint density at radius 3 is 2.82 bits per heavy atom. The fraction of sp³-hybridized carbons (Fsp3) is 0.0667. The summed E-state index contributed by atoms with van der Waals surface area (Å²) < 4.78 is 1.66. The maximum atomic E-state index is 12.1. The molecule has 0 saturated heterocycles. The lowest BCUT2D eigenvalue weighted by Crippen LogP contribution is -2.17. The molecule has 0 bridgehead atoms. The zero-order valence-corrected chi connectivity index (χ0v) is 12.2. The van der Waals surface area contributed by atoms with Crippen molar-refractivity contribution >= 4 is 23.3 Å². The fourth-order valence-electron chi connectivity index (χ4n) is 1.95. The quantitative estimate of drug-likeness (QED) is 0.803. The van der Waals surface area contributed by atoms with Gasteiger partial charge in [-0.15, -0.1) is 0 Å². The van der Waals surface area contributed by atoms with Gasteiger partial charge >= 0.3 is 0 Å². The Bertz CT molecular complexity index is 787. The van der Waals surface area contributed by atoms with E-state index in [0.29, 0.717) is 17.4 Å². The fourth-order valence-corrected chi connectivity index (χ4v) is 2.15. The largest absolute Gasteiger partial charge is 0.305 e. The minimum atomic E-state index is -0.339. The predicted molar refractivity (Wildman–Crippen MR) is 82.8 cm³/mol. The summed E-state index contributed by atoms with van der Waals surface area (Å²) in [5, 5.41) is 7.63. The topological polar surface area (TPSA) is 72.7 Å². The molecular weight excluding hydrogens is 302 g/mol. The van der Waals surface area contributed by atoms with Crippen molar-refractivity contribution in [1.29, 1.82) is 0 Å². The van der Waals surface area contributed by atoms with E-state index in [2.05, 4.69) is 20.4 Å². The van der Waals surface area contributed by atoms with Crippen LogP contribution in [0.2, 0.25) is 5.02 Å². The van der Waals surface area contributed by atoms with Crippen LogP contribution >= 0.6 is 11.6 Å². The van der Waals surface area contributed by atoms with Gasteiger partial charge in [-0.3, -0.25) is 9.78 Å². The van der Waals surface area contributed by atoms with E-state index >= 15 is 0 Å². The highest BCUT2D eigenvalue weighted by atomic mass is 35.5. The van der Waals surface area contributed by atoms with E-state index in [1.54, 1.807) is 16.9 Å². The van der Waals surface area contributed by atoms with Crippen molar-refractivity contribution in [2.75, 3.05) is 5.32 Å². The smallest absolute Gasteiger partial charge is 0.277 e. The van der Waals surface area contributed by atoms with E-state index in [0.717, 1.165) is 5.56 Å². The molecule has 0 saturated carbocycles. The van der Waals surface area contributed by atoms with Gasteiger partial charge < -0.3 is 5.32 Å². The van der Waals surface area contributed by atoms with Crippen molar-refractivity contribution in [2.24, 2.45) is 0 Å². The number of rotatable bonds is 4. The van der Waals surface area contributed by atoms with Gasteiger partial charge in [0.1, 0.15) is 11.5 Å². The molecule has 2 heterocycles. The summed E-state index contributed by atoms with van der Waals surface area (Å²) in [6, 6.07) is 9.22. The Morgan fingerprint density at radius 2 is 2.05 bits per heavy atom. The monoisotopic (exact) mass is 313 g/mol. The van der Waals surface area contributed by atoms with Gasteiger partial charge in [0.05, 0.1) is 18.9 Å². The Hall–Kier alpha value is -2.73. The lowest BCUT2D eigenvalue weighted by atomic mass is 10.2. The third-order valence-corrected chi connectivity index (χ3v) is 3.40. The summed E-state index contributed by atoms with van der Waals surface area (Å²) >= 11 is 6.15.